The van der Waals surface area contributed by atoms with Crippen LogP contribution in [0.3, 0.4) is 0 Å². The largest absolute Gasteiger partial charge is 0.421 e. The van der Waals surface area contributed by atoms with E-state index in [0.29, 0.717) is 11.7 Å². The zero-order valence-corrected chi connectivity index (χ0v) is 12.0. The van der Waals surface area contributed by atoms with Crippen molar-refractivity contribution >= 4 is 11.6 Å². The van der Waals surface area contributed by atoms with Crippen molar-refractivity contribution in [3.05, 3.63) is 36.4 Å². The molecule has 0 aliphatic heterocycles. The van der Waals surface area contributed by atoms with Gasteiger partial charge in [0.1, 0.15) is 6.33 Å². The van der Waals surface area contributed by atoms with Crippen LogP contribution in [0.15, 0.2) is 31.1 Å². The average molecular weight is 306 g/mol. The van der Waals surface area contributed by atoms with Crippen LogP contribution < -0.4 is 4.74 Å². The first-order chi connectivity index (χ1) is 10.2. The second-order valence-corrected chi connectivity index (χ2v) is 4.54. The van der Waals surface area contributed by atoms with Crippen LogP contribution in [0, 0.1) is 0 Å². The Bertz CT molecular complexity index is 725. The minimum absolute atomic E-state index is 0.0460. The van der Waals surface area contributed by atoms with Gasteiger partial charge in [-0.2, -0.15) is 20.1 Å². The Balaban J connectivity index is 1.84. The van der Waals surface area contributed by atoms with Crippen LogP contribution in [0.25, 0.3) is 5.95 Å². The van der Waals surface area contributed by atoms with Gasteiger partial charge in [0.15, 0.2) is 5.75 Å². The maximum atomic E-state index is 5.89. The van der Waals surface area contributed by atoms with E-state index in [9.17, 15) is 0 Å². The summed E-state index contributed by atoms with van der Waals surface area (Å²) < 4.78 is 8.96. The Morgan fingerprint density at radius 2 is 2.19 bits per heavy atom. The molecule has 0 N–H and O–H groups in total. The van der Waals surface area contributed by atoms with Crippen LogP contribution in [-0.4, -0.2) is 34.3 Å². The van der Waals surface area contributed by atoms with E-state index in [-0.39, 0.29) is 11.3 Å². The number of nitrogens with zero attached hydrogens (tertiary/aromatic N) is 7. The van der Waals surface area contributed by atoms with Crippen molar-refractivity contribution in [2.45, 2.75) is 19.9 Å². The lowest BCUT2D eigenvalue weighted by Crippen LogP contribution is -2.03. The predicted molar refractivity (Wildman–Crippen MR) is 74.6 cm³/mol. The van der Waals surface area contributed by atoms with E-state index in [1.165, 1.54) is 0 Å². The molecule has 3 rings (SSSR count). The molecule has 0 bridgehead atoms. The molecular weight excluding hydrogens is 294 g/mol. The Kier molecular flexibility index (Phi) is 3.78. The van der Waals surface area contributed by atoms with Crippen molar-refractivity contribution in [3.63, 3.8) is 0 Å². The highest BCUT2D eigenvalue weighted by atomic mass is 35.5. The number of ether oxygens (including phenoxy) is 1. The fourth-order valence-corrected chi connectivity index (χ4v) is 1.86. The quantitative estimate of drug-likeness (QED) is 0.718. The van der Waals surface area contributed by atoms with Crippen molar-refractivity contribution in [2.75, 3.05) is 0 Å². The predicted octanol–water partition coefficient (Wildman–Crippen LogP) is 2.11. The van der Waals surface area contributed by atoms with Crippen molar-refractivity contribution in [2.24, 2.45) is 0 Å². The fraction of sp³-hybridized carbons (Fsp3) is 0.250. The number of aromatic nitrogens is 7. The van der Waals surface area contributed by atoms with E-state index in [1.807, 2.05) is 0 Å². The van der Waals surface area contributed by atoms with Gasteiger partial charge in [0, 0.05) is 18.9 Å². The Labute approximate surface area is 125 Å². The van der Waals surface area contributed by atoms with E-state index in [4.69, 9.17) is 16.3 Å². The standard InChI is InChI=1S/C12H12ClN7O/c1-2-4-20-7-9(6-15-20)21-12-17-10(13)16-11(18-12)19-5-3-14-8-19/h3,5-8H,2,4H2,1H3. The van der Waals surface area contributed by atoms with Crippen LogP contribution in [0.2, 0.25) is 5.28 Å². The van der Waals surface area contributed by atoms with Gasteiger partial charge in [-0.3, -0.25) is 9.25 Å². The summed E-state index contributed by atoms with van der Waals surface area (Å²) in [6.45, 7) is 2.90. The molecule has 3 aromatic rings. The van der Waals surface area contributed by atoms with Crippen LogP contribution in [-0.2, 0) is 6.54 Å². The van der Waals surface area contributed by atoms with E-state index in [2.05, 4.69) is 32.0 Å². The van der Waals surface area contributed by atoms with Gasteiger partial charge in [0.05, 0.1) is 12.4 Å². The molecule has 0 atom stereocenters. The molecule has 0 saturated heterocycles. The number of aryl methyl sites for hydroxylation is 1. The lowest BCUT2D eigenvalue weighted by Gasteiger charge is -2.04. The molecule has 0 fully saturated rings. The van der Waals surface area contributed by atoms with Gasteiger partial charge >= 0.3 is 6.01 Å². The lowest BCUT2D eigenvalue weighted by molar-refractivity contribution is 0.437. The highest BCUT2D eigenvalue weighted by Gasteiger charge is 2.09. The minimum Gasteiger partial charge on any atom is -0.421 e. The Morgan fingerprint density at radius 1 is 1.29 bits per heavy atom. The molecule has 0 aliphatic carbocycles. The van der Waals surface area contributed by atoms with Gasteiger partial charge in [0.25, 0.3) is 0 Å². The number of rotatable bonds is 5. The fourth-order valence-electron chi connectivity index (χ4n) is 1.71. The van der Waals surface area contributed by atoms with E-state index in [0.717, 1.165) is 13.0 Å². The van der Waals surface area contributed by atoms with Crippen LogP contribution in [0.4, 0.5) is 0 Å². The summed E-state index contributed by atoms with van der Waals surface area (Å²) in [7, 11) is 0. The molecule has 0 aliphatic rings. The first-order valence-electron chi connectivity index (χ1n) is 6.35. The van der Waals surface area contributed by atoms with Crippen LogP contribution in [0.1, 0.15) is 13.3 Å². The summed E-state index contributed by atoms with van der Waals surface area (Å²) in [5, 5.41) is 4.22. The first-order valence-corrected chi connectivity index (χ1v) is 6.72. The summed E-state index contributed by atoms with van der Waals surface area (Å²) >= 11 is 5.89. The van der Waals surface area contributed by atoms with Gasteiger partial charge in [0.2, 0.25) is 11.2 Å². The number of hydrogen-bond acceptors (Lipinski definition) is 6. The molecule has 3 heterocycles. The first kappa shape index (κ1) is 13.5. The van der Waals surface area contributed by atoms with Gasteiger partial charge < -0.3 is 4.74 Å². The highest BCUT2D eigenvalue weighted by molar-refractivity contribution is 6.28. The summed E-state index contributed by atoms with van der Waals surface area (Å²) in [6.07, 6.45) is 9.25. The summed E-state index contributed by atoms with van der Waals surface area (Å²) in [6, 6.07) is 0.106. The van der Waals surface area contributed by atoms with Crippen LogP contribution >= 0.6 is 11.6 Å². The number of hydrogen-bond donors (Lipinski definition) is 0. The molecule has 108 valence electrons. The normalized spacial score (nSPS) is 10.8. The molecular formula is C12H12ClN7O. The van der Waals surface area contributed by atoms with E-state index in [1.54, 1.807) is 40.4 Å². The van der Waals surface area contributed by atoms with Gasteiger partial charge in [-0.05, 0) is 18.0 Å². The summed E-state index contributed by atoms with van der Waals surface area (Å²) in [5.41, 5.74) is 0. The monoisotopic (exact) mass is 305 g/mol. The Hall–Kier alpha value is -2.48. The maximum absolute atomic E-state index is 5.89. The highest BCUT2D eigenvalue weighted by Crippen LogP contribution is 2.19. The van der Waals surface area contributed by atoms with Gasteiger partial charge in [-0.25, -0.2) is 4.98 Å². The SMILES string of the molecule is CCCn1cc(Oc2nc(Cl)nc(-n3ccnc3)n2)cn1. The summed E-state index contributed by atoms with van der Waals surface area (Å²) in [4.78, 5) is 16.1. The second kappa shape index (κ2) is 5.88. The smallest absolute Gasteiger partial charge is 0.328 e. The van der Waals surface area contributed by atoms with E-state index < -0.39 is 0 Å². The molecule has 8 nitrogen and oxygen atoms in total. The van der Waals surface area contributed by atoms with Crippen molar-refractivity contribution in [1.29, 1.82) is 0 Å². The molecule has 9 heteroatoms. The van der Waals surface area contributed by atoms with Crippen molar-refractivity contribution < 1.29 is 4.74 Å². The average Bonchev–Trinajstić information content (AvgIpc) is 3.10. The van der Waals surface area contributed by atoms with Gasteiger partial charge in [-0.1, -0.05) is 6.92 Å². The maximum Gasteiger partial charge on any atom is 0.328 e. The third-order valence-electron chi connectivity index (χ3n) is 2.58. The van der Waals surface area contributed by atoms with Crippen molar-refractivity contribution in [1.82, 2.24) is 34.3 Å². The molecule has 0 amide bonds. The summed E-state index contributed by atoms with van der Waals surface area (Å²) in [5.74, 6) is 0.880. The molecule has 0 aromatic carbocycles. The topological polar surface area (TPSA) is 83.5 Å². The lowest BCUT2D eigenvalue weighted by atomic mass is 10.5. The minimum atomic E-state index is 0.0460. The van der Waals surface area contributed by atoms with Gasteiger partial charge in [-0.15, -0.1) is 0 Å². The van der Waals surface area contributed by atoms with Crippen LogP contribution in [0.5, 0.6) is 11.8 Å². The van der Waals surface area contributed by atoms with Crippen molar-refractivity contribution in [3.8, 4) is 17.7 Å². The zero-order chi connectivity index (χ0) is 14.7. The molecule has 0 unspecified atom stereocenters. The molecule has 0 spiro atoms. The second-order valence-electron chi connectivity index (χ2n) is 4.20. The molecule has 3 aromatic heterocycles. The number of imidazole rings is 1. The zero-order valence-electron chi connectivity index (χ0n) is 11.2. The van der Waals surface area contributed by atoms with E-state index >= 15 is 0 Å². The molecule has 0 radical (unpaired) electrons. The Morgan fingerprint density at radius 3 is 2.95 bits per heavy atom. The third-order valence-corrected chi connectivity index (χ3v) is 2.75. The molecule has 0 saturated carbocycles. The molecule has 21 heavy (non-hydrogen) atoms. The number of halogens is 1. The third kappa shape index (κ3) is 3.16.